The molecule has 3 aliphatic rings. The summed E-state index contributed by atoms with van der Waals surface area (Å²) in [4.78, 5) is 25.8. The molecular weight excluding hydrogens is 434 g/mol. The summed E-state index contributed by atoms with van der Waals surface area (Å²) in [6, 6.07) is 12.0. The molecule has 2 heterocycles. The minimum atomic E-state index is -0.355. The molecule has 5 nitrogen and oxygen atoms in total. The van der Waals surface area contributed by atoms with Crippen LogP contribution in [0.3, 0.4) is 0 Å². The molecule has 0 aromatic heterocycles. The van der Waals surface area contributed by atoms with Crippen LogP contribution >= 0.6 is 15.9 Å². The maximum Gasteiger partial charge on any atom is 0.231 e. The van der Waals surface area contributed by atoms with E-state index in [-0.39, 0.29) is 42.7 Å². The number of benzene rings is 2. The number of fused-ring (bicyclic) bond motifs is 2. The predicted molar refractivity (Wildman–Crippen MR) is 111 cm³/mol. The van der Waals surface area contributed by atoms with Gasteiger partial charge in [0.05, 0.1) is 5.92 Å². The van der Waals surface area contributed by atoms with E-state index in [0.29, 0.717) is 17.9 Å². The number of ether oxygens (including phenoxy) is 2. The van der Waals surface area contributed by atoms with E-state index in [1.807, 2.05) is 19.1 Å². The Morgan fingerprint density at radius 2 is 1.76 bits per heavy atom. The molecule has 0 radical (unpaired) electrons. The number of carbonyl (C=O) groups excluding carboxylic acids is 2. The quantitative estimate of drug-likeness (QED) is 0.733. The average molecular weight is 454 g/mol. The number of hydrogen-bond acceptors (Lipinski definition) is 4. The van der Waals surface area contributed by atoms with Crippen molar-refractivity contribution in [2.45, 2.75) is 31.6 Å². The van der Waals surface area contributed by atoms with Crippen molar-refractivity contribution in [2.75, 3.05) is 6.79 Å². The lowest BCUT2D eigenvalue weighted by Gasteiger charge is -2.37. The molecule has 29 heavy (non-hydrogen) atoms. The van der Waals surface area contributed by atoms with Gasteiger partial charge in [0.15, 0.2) is 11.5 Å². The largest absolute Gasteiger partial charge is 0.454 e. The molecule has 0 bridgehead atoms. The molecule has 0 spiro atoms. The Morgan fingerprint density at radius 1 is 1.03 bits per heavy atom. The van der Waals surface area contributed by atoms with E-state index in [9.17, 15) is 9.59 Å². The molecule has 1 saturated heterocycles. The lowest BCUT2D eigenvalue weighted by molar-refractivity contribution is -0.127. The van der Waals surface area contributed by atoms with Crippen molar-refractivity contribution in [3.8, 4) is 11.5 Å². The minimum absolute atomic E-state index is 0.0198. The van der Waals surface area contributed by atoms with Crippen LogP contribution in [0, 0.1) is 12.8 Å². The summed E-state index contributed by atoms with van der Waals surface area (Å²) in [5.74, 6) is 0.804. The fraction of sp³-hybridized carbons (Fsp3) is 0.304. The zero-order valence-electron chi connectivity index (χ0n) is 15.9. The van der Waals surface area contributed by atoms with Gasteiger partial charge in [0.25, 0.3) is 0 Å². The molecule has 5 rings (SSSR count). The zero-order chi connectivity index (χ0) is 20.1. The molecule has 0 unspecified atom stereocenters. The second-order valence-electron chi connectivity index (χ2n) is 7.87. The first-order valence-electron chi connectivity index (χ1n) is 9.69. The summed E-state index contributed by atoms with van der Waals surface area (Å²) in [7, 11) is 0. The second kappa shape index (κ2) is 7.02. The van der Waals surface area contributed by atoms with Gasteiger partial charge in [0.2, 0.25) is 12.7 Å². The van der Waals surface area contributed by atoms with Gasteiger partial charge in [0, 0.05) is 34.8 Å². The first-order chi connectivity index (χ1) is 14.0. The normalized spacial score (nSPS) is 25.3. The third kappa shape index (κ3) is 3.25. The highest BCUT2D eigenvalue weighted by molar-refractivity contribution is 9.10. The van der Waals surface area contributed by atoms with Crippen molar-refractivity contribution >= 4 is 27.6 Å². The molecule has 1 aliphatic carbocycles. The summed E-state index contributed by atoms with van der Waals surface area (Å²) < 4.78 is 11.8. The number of nitrogens with one attached hydrogen (secondary N) is 1. The Morgan fingerprint density at radius 3 is 2.52 bits per heavy atom. The smallest absolute Gasteiger partial charge is 0.231 e. The first kappa shape index (κ1) is 18.4. The lowest BCUT2D eigenvalue weighted by atomic mass is 9.70. The molecule has 2 aromatic carbocycles. The maximum atomic E-state index is 13.3. The Kier molecular flexibility index (Phi) is 4.46. The van der Waals surface area contributed by atoms with Crippen LogP contribution in [0.5, 0.6) is 11.5 Å². The summed E-state index contributed by atoms with van der Waals surface area (Å²) in [5.41, 5.74) is 3.90. The third-order valence-corrected chi connectivity index (χ3v) is 6.66. The van der Waals surface area contributed by atoms with Crippen molar-refractivity contribution in [3.63, 3.8) is 0 Å². The Hall–Kier alpha value is -2.60. The number of halogens is 1. The molecule has 2 aromatic rings. The standard InChI is InChI=1S/C23H20BrNO4/c1-12-2-4-13(5-3-12)14-6-18-23(19(26)7-14)16(9-22(27)25-18)15-8-20-21(10-17(15)24)29-11-28-20/h2-6,8,10,14,16,23H,7,9,11H2,1H3,(H,25,27)/t14-,16+,23+/m1/s1. The second-order valence-corrected chi connectivity index (χ2v) is 8.73. The van der Waals surface area contributed by atoms with E-state index in [1.54, 1.807) is 0 Å². The molecular formula is C23H20BrNO4. The van der Waals surface area contributed by atoms with E-state index >= 15 is 0 Å². The molecule has 6 heteroatoms. The van der Waals surface area contributed by atoms with Crippen LogP contribution in [0.2, 0.25) is 0 Å². The fourth-order valence-electron chi connectivity index (χ4n) is 4.52. The third-order valence-electron chi connectivity index (χ3n) is 5.97. The molecule has 0 saturated carbocycles. The number of allylic oxidation sites excluding steroid dienone is 2. The number of ketones is 1. The van der Waals surface area contributed by atoms with Crippen LogP contribution in [0.1, 0.15) is 41.4 Å². The Balaban J connectivity index is 1.53. The van der Waals surface area contributed by atoms with E-state index in [2.05, 4.69) is 51.6 Å². The van der Waals surface area contributed by atoms with Gasteiger partial charge >= 0.3 is 0 Å². The van der Waals surface area contributed by atoms with Crippen LogP contribution in [0.15, 0.2) is 52.6 Å². The summed E-state index contributed by atoms with van der Waals surface area (Å²) in [5, 5.41) is 2.96. The summed E-state index contributed by atoms with van der Waals surface area (Å²) in [6.07, 6.45) is 2.76. The topological polar surface area (TPSA) is 64.6 Å². The predicted octanol–water partition coefficient (Wildman–Crippen LogP) is 4.35. The van der Waals surface area contributed by atoms with Crippen molar-refractivity contribution in [2.24, 2.45) is 5.92 Å². The number of piperidine rings is 1. The summed E-state index contributed by atoms with van der Waals surface area (Å²) >= 11 is 3.60. The maximum absolute atomic E-state index is 13.3. The van der Waals surface area contributed by atoms with Gasteiger partial charge in [-0.25, -0.2) is 0 Å². The van der Waals surface area contributed by atoms with Crippen LogP contribution < -0.4 is 14.8 Å². The van der Waals surface area contributed by atoms with Crippen molar-refractivity contribution < 1.29 is 19.1 Å². The molecule has 148 valence electrons. The molecule has 1 N–H and O–H groups in total. The van der Waals surface area contributed by atoms with E-state index < -0.39 is 0 Å². The van der Waals surface area contributed by atoms with E-state index in [0.717, 1.165) is 21.3 Å². The van der Waals surface area contributed by atoms with Crippen LogP contribution in [0.4, 0.5) is 0 Å². The molecule has 3 atom stereocenters. The molecule has 1 fully saturated rings. The highest BCUT2D eigenvalue weighted by Gasteiger charge is 2.43. The van der Waals surface area contributed by atoms with Gasteiger partial charge in [0.1, 0.15) is 5.78 Å². The van der Waals surface area contributed by atoms with Crippen LogP contribution in [0.25, 0.3) is 0 Å². The number of amides is 1. The fourth-order valence-corrected chi connectivity index (χ4v) is 5.14. The number of rotatable bonds is 2. The van der Waals surface area contributed by atoms with Gasteiger partial charge in [-0.05, 0) is 30.2 Å². The highest BCUT2D eigenvalue weighted by atomic mass is 79.9. The van der Waals surface area contributed by atoms with Crippen LogP contribution in [-0.2, 0) is 9.59 Å². The van der Waals surface area contributed by atoms with Gasteiger partial charge in [-0.15, -0.1) is 0 Å². The summed E-state index contributed by atoms with van der Waals surface area (Å²) in [6.45, 7) is 2.22. The van der Waals surface area contributed by atoms with Crippen molar-refractivity contribution in [1.82, 2.24) is 5.32 Å². The SMILES string of the molecule is Cc1ccc([C@@H]2C=C3NC(=O)C[C@@H](c4cc5c(cc4Br)OCO5)[C@@H]3C(=O)C2)cc1. The highest BCUT2D eigenvalue weighted by Crippen LogP contribution is 2.47. The lowest BCUT2D eigenvalue weighted by Crippen LogP contribution is -2.43. The van der Waals surface area contributed by atoms with Gasteiger partial charge in [-0.1, -0.05) is 51.8 Å². The average Bonchev–Trinajstić information content (AvgIpc) is 3.14. The van der Waals surface area contributed by atoms with Gasteiger partial charge in [-0.2, -0.15) is 0 Å². The van der Waals surface area contributed by atoms with E-state index in [4.69, 9.17) is 9.47 Å². The Labute approximate surface area is 177 Å². The number of carbonyl (C=O) groups is 2. The zero-order valence-corrected chi connectivity index (χ0v) is 17.5. The molecule has 1 amide bonds. The first-order valence-corrected chi connectivity index (χ1v) is 10.5. The number of aryl methyl sites for hydroxylation is 1. The number of Topliss-reactive ketones (excluding diaryl/α,β-unsaturated/α-hetero) is 1. The number of hydrogen-bond donors (Lipinski definition) is 1. The van der Waals surface area contributed by atoms with Crippen molar-refractivity contribution in [1.29, 1.82) is 0 Å². The molecule has 2 aliphatic heterocycles. The minimum Gasteiger partial charge on any atom is -0.454 e. The van der Waals surface area contributed by atoms with Gasteiger partial charge in [-0.3, -0.25) is 9.59 Å². The van der Waals surface area contributed by atoms with Crippen LogP contribution in [-0.4, -0.2) is 18.5 Å². The monoisotopic (exact) mass is 453 g/mol. The Bertz CT molecular complexity index is 1040. The van der Waals surface area contributed by atoms with Gasteiger partial charge < -0.3 is 14.8 Å². The van der Waals surface area contributed by atoms with Crippen molar-refractivity contribution in [3.05, 3.63) is 69.3 Å². The van der Waals surface area contributed by atoms with E-state index in [1.165, 1.54) is 5.56 Å².